The lowest BCUT2D eigenvalue weighted by atomic mass is 10.2. The lowest BCUT2D eigenvalue weighted by Gasteiger charge is -2.02. The Morgan fingerprint density at radius 3 is 2.43 bits per heavy atom. The molecule has 1 aromatic carbocycles. The van der Waals surface area contributed by atoms with Gasteiger partial charge in [0, 0.05) is 12.7 Å². The first kappa shape index (κ1) is 12.8. The van der Waals surface area contributed by atoms with Crippen molar-refractivity contribution in [3.63, 3.8) is 0 Å². The molecule has 14 heavy (non-hydrogen) atoms. The number of anilines is 1. The Kier molecular flexibility index (Phi) is 5.72. The van der Waals surface area contributed by atoms with E-state index in [1.54, 1.807) is 19.2 Å². The number of carboxylic acids is 1. The highest BCUT2D eigenvalue weighted by molar-refractivity contribution is 6.33. The van der Waals surface area contributed by atoms with E-state index in [1.807, 2.05) is 13.8 Å². The molecule has 0 saturated heterocycles. The Hall–Kier alpha value is -1.22. The maximum absolute atomic E-state index is 10.6. The van der Waals surface area contributed by atoms with Crippen LogP contribution < -0.4 is 5.32 Å². The summed E-state index contributed by atoms with van der Waals surface area (Å²) in [5.41, 5.74) is 0.848. The van der Waals surface area contributed by atoms with Gasteiger partial charge in [-0.05, 0) is 18.2 Å². The third-order valence-corrected chi connectivity index (χ3v) is 1.82. The molecule has 3 nitrogen and oxygen atoms in total. The van der Waals surface area contributed by atoms with Crippen LogP contribution in [0.1, 0.15) is 24.2 Å². The smallest absolute Gasteiger partial charge is 0.337 e. The minimum atomic E-state index is -1.02. The summed E-state index contributed by atoms with van der Waals surface area (Å²) < 4.78 is 0. The third kappa shape index (κ3) is 3.26. The van der Waals surface area contributed by atoms with E-state index in [1.165, 1.54) is 6.07 Å². The fourth-order valence-corrected chi connectivity index (χ4v) is 1.04. The Labute approximate surface area is 88.7 Å². The molecule has 0 aliphatic carbocycles. The quantitative estimate of drug-likeness (QED) is 0.797. The molecule has 0 aliphatic heterocycles. The molecular formula is C10H14ClNO2. The number of benzene rings is 1. The monoisotopic (exact) mass is 215 g/mol. The van der Waals surface area contributed by atoms with Crippen LogP contribution in [0.4, 0.5) is 5.69 Å². The van der Waals surface area contributed by atoms with Crippen LogP contribution in [0.15, 0.2) is 18.2 Å². The summed E-state index contributed by atoms with van der Waals surface area (Å²) in [6, 6.07) is 4.76. The molecule has 0 saturated carbocycles. The Bertz CT molecular complexity index is 313. The zero-order valence-corrected chi connectivity index (χ0v) is 9.22. The molecule has 2 N–H and O–H groups in total. The summed E-state index contributed by atoms with van der Waals surface area (Å²) in [6.45, 7) is 4.00. The van der Waals surface area contributed by atoms with Crippen LogP contribution in [0, 0.1) is 0 Å². The van der Waals surface area contributed by atoms with Crippen LogP contribution in [0.2, 0.25) is 5.02 Å². The van der Waals surface area contributed by atoms with Gasteiger partial charge in [0.25, 0.3) is 0 Å². The first-order valence-corrected chi connectivity index (χ1v) is 4.73. The number of hydrogen-bond donors (Lipinski definition) is 2. The van der Waals surface area contributed by atoms with Gasteiger partial charge in [-0.3, -0.25) is 0 Å². The second-order valence-electron chi connectivity index (χ2n) is 2.25. The summed E-state index contributed by atoms with van der Waals surface area (Å²) in [5.74, 6) is -1.02. The van der Waals surface area contributed by atoms with Crippen LogP contribution in [0.25, 0.3) is 0 Å². The van der Waals surface area contributed by atoms with Crippen LogP contribution >= 0.6 is 11.6 Å². The van der Waals surface area contributed by atoms with Gasteiger partial charge in [0.15, 0.2) is 0 Å². The molecule has 4 heteroatoms. The summed E-state index contributed by atoms with van der Waals surface area (Å²) in [7, 11) is 1.72. The van der Waals surface area contributed by atoms with Crippen LogP contribution in [0.5, 0.6) is 0 Å². The van der Waals surface area contributed by atoms with Crippen molar-refractivity contribution in [1.29, 1.82) is 0 Å². The van der Waals surface area contributed by atoms with E-state index < -0.39 is 5.97 Å². The Balaban J connectivity index is 0.000000791. The lowest BCUT2D eigenvalue weighted by Crippen LogP contribution is -1.98. The molecule has 1 rings (SSSR count). The topological polar surface area (TPSA) is 49.3 Å². The van der Waals surface area contributed by atoms with Gasteiger partial charge < -0.3 is 10.4 Å². The third-order valence-electron chi connectivity index (χ3n) is 1.49. The summed E-state index contributed by atoms with van der Waals surface area (Å²) in [6.07, 6.45) is 0. The minimum Gasteiger partial charge on any atom is -0.478 e. The van der Waals surface area contributed by atoms with Crippen molar-refractivity contribution in [3.05, 3.63) is 28.8 Å². The van der Waals surface area contributed by atoms with Crippen molar-refractivity contribution in [3.8, 4) is 0 Å². The first-order chi connectivity index (χ1) is 6.65. The molecular weight excluding hydrogens is 202 g/mol. The van der Waals surface area contributed by atoms with Gasteiger partial charge >= 0.3 is 5.97 Å². The van der Waals surface area contributed by atoms with Gasteiger partial charge in [0.1, 0.15) is 0 Å². The predicted molar refractivity (Wildman–Crippen MR) is 59.3 cm³/mol. The number of nitrogens with one attached hydrogen (secondary N) is 1. The van der Waals surface area contributed by atoms with Crippen molar-refractivity contribution in [1.82, 2.24) is 0 Å². The van der Waals surface area contributed by atoms with Crippen molar-refractivity contribution < 1.29 is 9.90 Å². The van der Waals surface area contributed by atoms with Crippen molar-refractivity contribution in [2.45, 2.75) is 13.8 Å². The van der Waals surface area contributed by atoms with Gasteiger partial charge in [-0.15, -0.1) is 0 Å². The molecule has 0 aromatic heterocycles. The van der Waals surface area contributed by atoms with Crippen molar-refractivity contribution in [2.24, 2.45) is 0 Å². The molecule has 0 aliphatic rings. The van der Waals surface area contributed by atoms with Gasteiger partial charge in [-0.2, -0.15) is 0 Å². The van der Waals surface area contributed by atoms with Crippen molar-refractivity contribution >= 4 is 23.3 Å². The molecule has 0 atom stereocenters. The maximum atomic E-state index is 10.6. The fourth-order valence-electron chi connectivity index (χ4n) is 0.845. The molecule has 1 aromatic rings. The zero-order chi connectivity index (χ0) is 11.1. The number of halogens is 1. The zero-order valence-electron chi connectivity index (χ0n) is 8.47. The first-order valence-electron chi connectivity index (χ1n) is 4.35. The molecule has 0 unspecified atom stereocenters. The molecule has 0 spiro atoms. The summed E-state index contributed by atoms with van der Waals surface area (Å²) in [4.78, 5) is 10.6. The lowest BCUT2D eigenvalue weighted by molar-refractivity contribution is 0.0697. The highest BCUT2D eigenvalue weighted by atomic mass is 35.5. The van der Waals surface area contributed by atoms with E-state index >= 15 is 0 Å². The van der Waals surface area contributed by atoms with E-state index in [9.17, 15) is 4.79 Å². The van der Waals surface area contributed by atoms with Crippen LogP contribution in [0.3, 0.4) is 0 Å². The highest BCUT2D eigenvalue weighted by Crippen LogP contribution is 2.19. The molecule has 0 bridgehead atoms. The number of carbonyl (C=O) groups is 1. The number of hydrogen-bond acceptors (Lipinski definition) is 2. The van der Waals surface area contributed by atoms with E-state index in [-0.39, 0.29) is 10.6 Å². The Morgan fingerprint density at radius 1 is 1.43 bits per heavy atom. The SMILES string of the molecule is CC.CNc1ccc(Cl)c(C(=O)O)c1. The van der Waals surface area contributed by atoms with E-state index in [0.717, 1.165) is 5.69 Å². The molecule has 0 radical (unpaired) electrons. The number of rotatable bonds is 2. The van der Waals surface area contributed by atoms with E-state index in [0.29, 0.717) is 0 Å². The summed E-state index contributed by atoms with van der Waals surface area (Å²) >= 11 is 5.64. The summed E-state index contributed by atoms with van der Waals surface area (Å²) in [5, 5.41) is 11.8. The van der Waals surface area contributed by atoms with Gasteiger partial charge in [0.2, 0.25) is 0 Å². The molecule has 0 heterocycles. The van der Waals surface area contributed by atoms with E-state index in [2.05, 4.69) is 5.32 Å². The van der Waals surface area contributed by atoms with Crippen LogP contribution in [-0.2, 0) is 0 Å². The van der Waals surface area contributed by atoms with Crippen LogP contribution in [-0.4, -0.2) is 18.1 Å². The average molecular weight is 216 g/mol. The minimum absolute atomic E-state index is 0.114. The second-order valence-corrected chi connectivity index (χ2v) is 2.66. The second kappa shape index (κ2) is 6.27. The largest absolute Gasteiger partial charge is 0.478 e. The number of carboxylic acid groups (broad SMARTS) is 1. The van der Waals surface area contributed by atoms with E-state index in [4.69, 9.17) is 16.7 Å². The average Bonchev–Trinajstić information content (AvgIpc) is 2.21. The molecule has 0 amide bonds. The van der Waals surface area contributed by atoms with Gasteiger partial charge in [0.05, 0.1) is 10.6 Å². The standard InChI is InChI=1S/C8H8ClNO2.C2H6/c1-10-5-2-3-7(9)6(4-5)8(11)12;1-2/h2-4,10H,1H3,(H,11,12);1-2H3. The number of aromatic carboxylic acids is 1. The van der Waals surface area contributed by atoms with Gasteiger partial charge in [-0.1, -0.05) is 25.4 Å². The maximum Gasteiger partial charge on any atom is 0.337 e. The molecule has 78 valence electrons. The van der Waals surface area contributed by atoms with Crippen molar-refractivity contribution in [2.75, 3.05) is 12.4 Å². The fraction of sp³-hybridized carbons (Fsp3) is 0.300. The van der Waals surface area contributed by atoms with Gasteiger partial charge in [-0.25, -0.2) is 4.79 Å². The molecule has 0 fully saturated rings. The Morgan fingerprint density at radius 2 is 2.00 bits per heavy atom. The predicted octanol–water partition coefficient (Wildman–Crippen LogP) is 3.11. The highest BCUT2D eigenvalue weighted by Gasteiger charge is 2.08. The normalized spacial score (nSPS) is 8.57.